The Labute approximate surface area is 162 Å². The summed E-state index contributed by atoms with van der Waals surface area (Å²) in [4.78, 5) is 25.4. The maximum atomic E-state index is 12.3. The van der Waals surface area contributed by atoms with Crippen LogP contribution in [0.5, 0.6) is 5.75 Å². The van der Waals surface area contributed by atoms with Crippen LogP contribution in [-0.2, 0) is 4.79 Å². The highest BCUT2D eigenvalue weighted by atomic mass is 35.5. The van der Waals surface area contributed by atoms with Crippen LogP contribution in [0, 0.1) is 13.8 Å². The number of amides is 2. The fraction of sp³-hybridized carbons (Fsp3) is 0.263. The number of hydrazine groups is 1. The van der Waals surface area contributed by atoms with Crippen molar-refractivity contribution in [2.75, 3.05) is 6.26 Å². The van der Waals surface area contributed by atoms with Crippen LogP contribution in [0.2, 0.25) is 5.02 Å². The lowest BCUT2D eigenvalue weighted by Gasteiger charge is -2.17. The summed E-state index contributed by atoms with van der Waals surface area (Å²) in [7, 11) is 0. The predicted molar refractivity (Wildman–Crippen MR) is 105 cm³/mol. The van der Waals surface area contributed by atoms with E-state index < -0.39 is 17.9 Å². The summed E-state index contributed by atoms with van der Waals surface area (Å²) < 4.78 is 5.69. The minimum Gasteiger partial charge on any atom is -0.481 e. The second-order valence-corrected chi connectivity index (χ2v) is 7.03. The summed E-state index contributed by atoms with van der Waals surface area (Å²) in [6.45, 7) is 5.52. The van der Waals surface area contributed by atoms with E-state index in [0.29, 0.717) is 16.3 Å². The van der Waals surface area contributed by atoms with E-state index in [4.69, 9.17) is 16.3 Å². The van der Waals surface area contributed by atoms with Crippen LogP contribution in [0.3, 0.4) is 0 Å². The zero-order valence-corrected chi connectivity index (χ0v) is 16.6. The normalized spacial score (nSPS) is 11.6. The van der Waals surface area contributed by atoms with Crippen molar-refractivity contribution in [1.82, 2.24) is 10.9 Å². The second-order valence-electron chi connectivity index (χ2n) is 5.75. The Hall–Kier alpha value is -2.18. The van der Waals surface area contributed by atoms with Crippen molar-refractivity contribution in [3.05, 3.63) is 58.1 Å². The molecule has 1 atom stereocenters. The Balaban J connectivity index is 1.97. The molecule has 0 fully saturated rings. The molecule has 5 nitrogen and oxygen atoms in total. The van der Waals surface area contributed by atoms with Gasteiger partial charge in [-0.1, -0.05) is 23.7 Å². The molecule has 2 aromatic carbocycles. The SMILES string of the molecule is CSc1ccc(Cl)c(C(=O)NNC(=O)C(C)Oc2cccc(C)c2C)c1. The highest BCUT2D eigenvalue weighted by Gasteiger charge is 2.18. The average molecular weight is 393 g/mol. The number of hydrogen-bond acceptors (Lipinski definition) is 4. The molecule has 0 aromatic heterocycles. The van der Waals surface area contributed by atoms with Gasteiger partial charge >= 0.3 is 0 Å². The predicted octanol–water partition coefficient (Wildman–Crippen LogP) is 3.91. The summed E-state index contributed by atoms with van der Waals surface area (Å²) in [6, 6.07) is 10.8. The number of carbonyl (C=O) groups is 2. The number of thioether (sulfide) groups is 1. The molecule has 0 aliphatic heterocycles. The first-order valence-corrected chi connectivity index (χ1v) is 9.60. The van der Waals surface area contributed by atoms with Crippen molar-refractivity contribution in [3.8, 4) is 5.75 Å². The topological polar surface area (TPSA) is 67.4 Å². The number of aryl methyl sites for hydroxylation is 1. The van der Waals surface area contributed by atoms with Gasteiger partial charge in [0.05, 0.1) is 10.6 Å². The van der Waals surface area contributed by atoms with E-state index in [2.05, 4.69) is 10.9 Å². The van der Waals surface area contributed by atoms with Gasteiger partial charge in [0.2, 0.25) is 0 Å². The molecule has 0 spiro atoms. The molecule has 0 radical (unpaired) electrons. The Bertz CT molecular complexity index is 826. The van der Waals surface area contributed by atoms with Crippen molar-refractivity contribution in [2.45, 2.75) is 31.8 Å². The maximum absolute atomic E-state index is 12.3. The van der Waals surface area contributed by atoms with Gasteiger partial charge < -0.3 is 4.74 Å². The molecule has 2 aromatic rings. The molecule has 1 unspecified atom stereocenters. The average Bonchev–Trinajstić information content (AvgIpc) is 2.63. The highest BCUT2D eigenvalue weighted by Crippen LogP contribution is 2.23. The van der Waals surface area contributed by atoms with E-state index in [1.54, 1.807) is 25.1 Å². The van der Waals surface area contributed by atoms with E-state index >= 15 is 0 Å². The van der Waals surface area contributed by atoms with E-state index in [9.17, 15) is 9.59 Å². The summed E-state index contributed by atoms with van der Waals surface area (Å²) in [5.74, 6) is -0.315. The third-order valence-corrected chi connectivity index (χ3v) is 5.00. The van der Waals surface area contributed by atoms with Crippen LogP contribution in [0.25, 0.3) is 0 Å². The van der Waals surface area contributed by atoms with Crippen LogP contribution in [0.15, 0.2) is 41.3 Å². The third-order valence-electron chi connectivity index (χ3n) is 3.95. The van der Waals surface area contributed by atoms with Gasteiger partial charge in [-0.25, -0.2) is 0 Å². The van der Waals surface area contributed by atoms with Crippen molar-refractivity contribution < 1.29 is 14.3 Å². The standard InChI is InChI=1S/C19H21ClN2O3S/c1-11-6-5-7-17(12(11)2)25-13(3)18(23)21-22-19(24)15-10-14(26-4)8-9-16(15)20/h5-10,13H,1-4H3,(H,21,23)(H,22,24). The molecule has 0 saturated heterocycles. The Kier molecular flexibility index (Phi) is 6.94. The second kappa shape index (κ2) is 8.96. The number of halogens is 1. The van der Waals surface area contributed by atoms with Crippen molar-refractivity contribution in [1.29, 1.82) is 0 Å². The van der Waals surface area contributed by atoms with Crippen LogP contribution in [0.1, 0.15) is 28.4 Å². The van der Waals surface area contributed by atoms with Crippen molar-refractivity contribution in [3.63, 3.8) is 0 Å². The van der Waals surface area contributed by atoms with Gasteiger partial charge in [0.25, 0.3) is 11.8 Å². The molecule has 0 aliphatic carbocycles. The molecule has 0 saturated carbocycles. The van der Waals surface area contributed by atoms with Gasteiger partial charge in [0, 0.05) is 4.90 Å². The fourth-order valence-corrected chi connectivity index (χ4v) is 2.83. The molecule has 138 valence electrons. The number of nitrogens with one attached hydrogen (secondary N) is 2. The molecular formula is C19H21ClN2O3S. The summed E-state index contributed by atoms with van der Waals surface area (Å²) >= 11 is 7.55. The number of ether oxygens (including phenoxy) is 1. The zero-order chi connectivity index (χ0) is 19.3. The Morgan fingerprint density at radius 2 is 1.88 bits per heavy atom. The minimum atomic E-state index is -0.774. The summed E-state index contributed by atoms with van der Waals surface area (Å²) in [5, 5.41) is 0.314. The molecule has 0 aliphatic rings. The molecule has 0 heterocycles. The maximum Gasteiger partial charge on any atom is 0.279 e. The lowest BCUT2D eigenvalue weighted by atomic mass is 10.1. The van der Waals surface area contributed by atoms with Crippen LogP contribution in [-0.4, -0.2) is 24.2 Å². The highest BCUT2D eigenvalue weighted by molar-refractivity contribution is 7.98. The number of hydrogen-bond donors (Lipinski definition) is 2. The summed E-state index contributed by atoms with van der Waals surface area (Å²) in [6.07, 6.45) is 1.13. The first kappa shape index (κ1) is 20.1. The number of benzene rings is 2. The first-order valence-electron chi connectivity index (χ1n) is 8.00. The molecule has 2 amide bonds. The quantitative estimate of drug-likeness (QED) is 0.598. The zero-order valence-electron chi connectivity index (χ0n) is 15.1. The smallest absolute Gasteiger partial charge is 0.279 e. The number of carbonyl (C=O) groups excluding carboxylic acids is 2. The van der Waals surface area contributed by atoms with Gasteiger partial charge in [0.1, 0.15) is 5.75 Å². The molecular weight excluding hydrogens is 372 g/mol. The van der Waals surface area contributed by atoms with E-state index in [0.717, 1.165) is 16.0 Å². The van der Waals surface area contributed by atoms with Gasteiger partial charge in [-0.3, -0.25) is 20.4 Å². The van der Waals surface area contributed by atoms with Gasteiger partial charge in [-0.05, 0) is 62.4 Å². The lowest BCUT2D eigenvalue weighted by molar-refractivity contribution is -0.128. The Morgan fingerprint density at radius 3 is 2.58 bits per heavy atom. The largest absolute Gasteiger partial charge is 0.481 e. The van der Waals surface area contributed by atoms with E-state index in [1.165, 1.54) is 11.8 Å². The first-order chi connectivity index (χ1) is 12.3. The summed E-state index contributed by atoms with van der Waals surface area (Å²) in [5.41, 5.74) is 7.08. The van der Waals surface area contributed by atoms with Gasteiger partial charge in [0.15, 0.2) is 6.10 Å². The molecule has 2 rings (SSSR count). The molecule has 26 heavy (non-hydrogen) atoms. The van der Waals surface area contributed by atoms with Crippen molar-refractivity contribution in [2.24, 2.45) is 0 Å². The monoisotopic (exact) mass is 392 g/mol. The van der Waals surface area contributed by atoms with Gasteiger partial charge in [-0.2, -0.15) is 0 Å². The number of rotatable bonds is 5. The molecule has 0 bridgehead atoms. The lowest BCUT2D eigenvalue weighted by Crippen LogP contribution is -2.47. The van der Waals surface area contributed by atoms with Gasteiger partial charge in [-0.15, -0.1) is 11.8 Å². The third kappa shape index (κ3) is 4.93. The van der Waals surface area contributed by atoms with E-state index in [1.807, 2.05) is 38.3 Å². The van der Waals surface area contributed by atoms with E-state index in [-0.39, 0.29) is 0 Å². The van der Waals surface area contributed by atoms with Crippen LogP contribution >= 0.6 is 23.4 Å². The molecule has 2 N–H and O–H groups in total. The van der Waals surface area contributed by atoms with Crippen LogP contribution < -0.4 is 15.6 Å². The molecule has 7 heteroatoms. The Morgan fingerprint density at radius 1 is 1.15 bits per heavy atom. The fourth-order valence-electron chi connectivity index (χ4n) is 2.19. The minimum absolute atomic E-state index is 0.293. The van der Waals surface area contributed by atoms with Crippen LogP contribution in [0.4, 0.5) is 0 Å². The van der Waals surface area contributed by atoms with Crippen molar-refractivity contribution >= 4 is 35.2 Å².